The maximum absolute atomic E-state index is 10.6. The van der Waals surface area contributed by atoms with Crippen LogP contribution < -0.4 is 0 Å². The van der Waals surface area contributed by atoms with Gasteiger partial charge in [-0.3, -0.25) is 0 Å². The van der Waals surface area contributed by atoms with Crippen molar-refractivity contribution >= 4 is 17.7 Å². The van der Waals surface area contributed by atoms with E-state index in [4.69, 9.17) is 14.0 Å². The van der Waals surface area contributed by atoms with Gasteiger partial charge < -0.3 is 14.0 Å². The lowest BCUT2D eigenvalue weighted by Crippen LogP contribution is -1.91. The molecular formula is C10H9NO4S. The Labute approximate surface area is 95.4 Å². The molecule has 0 atom stereocenters. The van der Waals surface area contributed by atoms with Crippen molar-refractivity contribution in [3.63, 3.8) is 0 Å². The third-order valence-corrected chi connectivity index (χ3v) is 2.78. The molecule has 6 heteroatoms. The normalized spacial score (nSPS) is 10.6. The van der Waals surface area contributed by atoms with Gasteiger partial charge >= 0.3 is 5.97 Å². The summed E-state index contributed by atoms with van der Waals surface area (Å²) in [6.07, 6.45) is 0. The lowest BCUT2D eigenvalue weighted by Gasteiger charge is -1.92. The third-order valence-electron chi connectivity index (χ3n) is 1.83. The van der Waals surface area contributed by atoms with Gasteiger partial charge in [0, 0.05) is 11.8 Å². The van der Waals surface area contributed by atoms with Crippen LogP contribution in [-0.2, 0) is 5.75 Å². The molecule has 0 fully saturated rings. The number of carboxylic acids is 1. The highest BCUT2D eigenvalue weighted by Crippen LogP contribution is 2.24. The Hall–Kier alpha value is -1.69. The van der Waals surface area contributed by atoms with Crippen LogP contribution in [0.5, 0.6) is 0 Å². The van der Waals surface area contributed by atoms with Crippen molar-refractivity contribution in [2.75, 3.05) is 0 Å². The molecule has 16 heavy (non-hydrogen) atoms. The van der Waals surface area contributed by atoms with Gasteiger partial charge in [0.05, 0.1) is 5.69 Å². The summed E-state index contributed by atoms with van der Waals surface area (Å²) in [4.78, 5) is 10.6. The number of carboxylic acid groups (broad SMARTS) is 1. The molecule has 0 spiro atoms. The van der Waals surface area contributed by atoms with Gasteiger partial charge in [-0.15, -0.1) is 0 Å². The quantitative estimate of drug-likeness (QED) is 0.826. The van der Waals surface area contributed by atoms with Crippen molar-refractivity contribution in [1.29, 1.82) is 0 Å². The predicted molar refractivity (Wildman–Crippen MR) is 56.5 cm³/mol. The van der Waals surface area contributed by atoms with Crippen LogP contribution in [0.15, 0.2) is 32.2 Å². The molecule has 2 rings (SSSR count). The van der Waals surface area contributed by atoms with Gasteiger partial charge in [-0.2, -0.15) is 0 Å². The molecule has 2 heterocycles. The Kier molecular flexibility index (Phi) is 3.00. The molecule has 0 amide bonds. The highest BCUT2D eigenvalue weighted by atomic mass is 32.2. The highest BCUT2D eigenvalue weighted by Gasteiger charge is 2.10. The predicted octanol–water partition coefficient (Wildman–Crippen LogP) is 2.57. The number of rotatable bonds is 4. The number of aryl methyl sites for hydroxylation is 1. The first-order valence-corrected chi connectivity index (χ1v) is 5.52. The summed E-state index contributed by atoms with van der Waals surface area (Å²) in [6, 6.07) is 4.88. The molecule has 0 aliphatic heterocycles. The van der Waals surface area contributed by atoms with Crippen LogP contribution in [-0.4, -0.2) is 16.2 Å². The van der Waals surface area contributed by atoms with E-state index in [1.54, 1.807) is 6.07 Å². The molecule has 1 N–H and O–H groups in total. The highest BCUT2D eigenvalue weighted by molar-refractivity contribution is 7.98. The Morgan fingerprint density at radius 3 is 2.94 bits per heavy atom. The van der Waals surface area contributed by atoms with Gasteiger partial charge in [-0.05, 0) is 19.1 Å². The summed E-state index contributed by atoms with van der Waals surface area (Å²) in [5.41, 5.74) is 0.802. The summed E-state index contributed by atoms with van der Waals surface area (Å²) in [7, 11) is 0. The molecule has 0 saturated carbocycles. The van der Waals surface area contributed by atoms with Crippen LogP contribution in [0.25, 0.3) is 0 Å². The maximum atomic E-state index is 10.6. The van der Waals surface area contributed by atoms with Crippen LogP contribution in [0.2, 0.25) is 0 Å². The minimum atomic E-state index is -1.07. The first-order valence-electron chi connectivity index (χ1n) is 4.53. The molecule has 84 valence electrons. The van der Waals surface area contributed by atoms with Gasteiger partial charge in [-0.1, -0.05) is 16.9 Å². The maximum Gasteiger partial charge on any atom is 0.371 e. The van der Waals surface area contributed by atoms with E-state index in [-0.39, 0.29) is 5.76 Å². The molecule has 0 unspecified atom stereocenters. The summed E-state index contributed by atoms with van der Waals surface area (Å²) in [5.74, 6) is 0.216. The molecule has 2 aromatic heterocycles. The zero-order valence-electron chi connectivity index (χ0n) is 8.47. The molecule has 0 radical (unpaired) electrons. The number of thioether (sulfide) groups is 1. The van der Waals surface area contributed by atoms with E-state index in [1.165, 1.54) is 17.8 Å². The number of hydrogen-bond donors (Lipinski definition) is 1. The average Bonchev–Trinajstić information content (AvgIpc) is 2.83. The third kappa shape index (κ3) is 2.46. The minimum absolute atomic E-state index is 0.0566. The van der Waals surface area contributed by atoms with Crippen molar-refractivity contribution < 1.29 is 18.8 Å². The fraction of sp³-hybridized carbons (Fsp3) is 0.200. The number of furan rings is 1. The Balaban J connectivity index is 1.97. The van der Waals surface area contributed by atoms with E-state index in [0.717, 1.165) is 11.5 Å². The van der Waals surface area contributed by atoms with E-state index < -0.39 is 5.97 Å². The van der Waals surface area contributed by atoms with E-state index in [0.29, 0.717) is 10.8 Å². The summed E-state index contributed by atoms with van der Waals surface area (Å²) in [5, 5.41) is 13.0. The number of hydrogen-bond acceptors (Lipinski definition) is 5. The largest absolute Gasteiger partial charge is 0.475 e. The lowest BCUT2D eigenvalue weighted by molar-refractivity contribution is 0.0656. The van der Waals surface area contributed by atoms with Crippen molar-refractivity contribution in [3.8, 4) is 0 Å². The van der Waals surface area contributed by atoms with Crippen molar-refractivity contribution in [2.24, 2.45) is 0 Å². The minimum Gasteiger partial charge on any atom is -0.475 e. The van der Waals surface area contributed by atoms with Gasteiger partial charge in [0.1, 0.15) is 5.76 Å². The topological polar surface area (TPSA) is 76.5 Å². The fourth-order valence-electron chi connectivity index (χ4n) is 1.14. The van der Waals surface area contributed by atoms with E-state index in [9.17, 15) is 4.79 Å². The van der Waals surface area contributed by atoms with Crippen LogP contribution in [0, 0.1) is 6.92 Å². The molecule has 0 bridgehead atoms. The van der Waals surface area contributed by atoms with Gasteiger partial charge in [0.2, 0.25) is 5.76 Å². The van der Waals surface area contributed by atoms with Crippen LogP contribution in [0.4, 0.5) is 0 Å². The monoisotopic (exact) mass is 239 g/mol. The smallest absolute Gasteiger partial charge is 0.371 e. The molecule has 2 aromatic rings. The first kappa shape index (κ1) is 10.8. The molecule has 0 aliphatic rings. The van der Waals surface area contributed by atoms with E-state index in [1.807, 2.05) is 13.0 Å². The fourth-order valence-corrected chi connectivity index (χ4v) is 1.88. The lowest BCUT2D eigenvalue weighted by atomic mass is 10.4. The van der Waals surface area contributed by atoms with E-state index in [2.05, 4.69) is 5.16 Å². The van der Waals surface area contributed by atoms with Crippen LogP contribution in [0.3, 0.4) is 0 Å². The molecular weight excluding hydrogens is 230 g/mol. The van der Waals surface area contributed by atoms with Crippen LogP contribution in [0.1, 0.15) is 22.0 Å². The SMILES string of the molecule is Cc1cc(CSc2ccc(C(=O)O)o2)no1. The van der Waals surface area contributed by atoms with Crippen molar-refractivity contribution in [1.82, 2.24) is 5.16 Å². The standard InChI is InChI=1S/C10H9NO4S/c1-6-4-7(11-15-6)5-16-9-3-2-8(14-9)10(12)13/h2-4H,5H2,1H3,(H,12,13). The van der Waals surface area contributed by atoms with Crippen LogP contribution >= 0.6 is 11.8 Å². The zero-order chi connectivity index (χ0) is 11.5. The Morgan fingerprint density at radius 1 is 1.56 bits per heavy atom. The second-order valence-electron chi connectivity index (χ2n) is 3.14. The molecule has 5 nitrogen and oxygen atoms in total. The molecule has 0 aromatic carbocycles. The van der Waals surface area contributed by atoms with Gasteiger partial charge in [0.15, 0.2) is 5.09 Å². The molecule has 0 aliphatic carbocycles. The zero-order valence-corrected chi connectivity index (χ0v) is 9.28. The van der Waals surface area contributed by atoms with Gasteiger partial charge in [-0.25, -0.2) is 4.79 Å². The molecule has 0 saturated heterocycles. The average molecular weight is 239 g/mol. The summed E-state index contributed by atoms with van der Waals surface area (Å²) in [6.45, 7) is 1.82. The summed E-state index contributed by atoms with van der Waals surface area (Å²) >= 11 is 1.37. The second-order valence-corrected chi connectivity index (χ2v) is 4.12. The second kappa shape index (κ2) is 4.44. The van der Waals surface area contributed by atoms with Crippen molar-refractivity contribution in [2.45, 2.75) is 17.8 Å². The van der Waals surface area contributed by atoms with Crippen molar-refractivity contribution in [3.05, 3.63) is 35.4 Å². The van der Waals surface area contributed by atoms with E-state index >= 15 is 0 Å². The number of carbonyl (C=O) groups is 1. The number of aromatic nitrogens is 1. The van der Waals surface area contributed by atoms with Gasteiger partial charge in [0.25, 0.3) is 0 Å². The number of aromatic carboxylic acids is 1. The Morgan fingerprint density at radius 2 is 2.38 bits per heavy atom. The number of nitrogens with zero attached hydrogens (tertiary/aromatic N) is 1. The summed E-state index contributed by atoms with van der Waals surface area (Å²) < 4.78 is 9.99. The first-order chi connectivity index (χ1) is 7.65. The Bertz CT molecular complexity index is 502.